The number of hydrogen-bond acceptors (Lipinski definition) is 5. The molecule has 2 atom stereocenters. The van der Waals surface area contributed by atoms with Crippen LogP contribution in [0, 0.1) is 12.8 Å². The third-order valence-corrected chi connectivity index (χ3v) is 5.50. The lowest BCUT2D eigenvalue weighted by atomic mass is 9.92. The van der Waals surface area contributed by atoms with Gasteiger partial charge in [0.25, 0.3) is 5.56 Å². The molecule has 0 aliphatic carbocycles. The maximum atomic E-state index is 12.9. The molecule has 1 saturated heterocycles. The Hall–Kier alpha value is -3.16. The standard InChI is InChI=1S/C21H25N5O3/c1-12-5-3-7-14(9-12)22-19(28)15-10-16(27)23-18-17(15)20(29)25-21(24-18)26-8-4-6-13(2)11-26/h3,5,7,9,13,15H,4,6,8,10-11H2,1-2H3,(H,22,28)(H2,23,24,25,27,29)/t13-,15+/m1/s1. The third-order valence-electron chi connectivity index (χ3n) is 5.50. The molecule has 0 saturated carbocycles. The fourth-order valence-electron chi connectivity index (χ4n) is 4.07. The van der Waals surface area contributed by atoms with E-state index >= 15 is 0 Å². The Labute approximate surface area is 168 Å². The molecule has 0 unspecified atom stereocenters. The molecule has 8 heteroatoms. The quantitative estimate of drug-likeness (QED) is 0.740. The summed E-state index contributed by atoms with van der Waals surface area (Å²) in [6.07, 6.45) is 2.08. The van der Waals surface area contributed by atoms with E-state index in [9.17, 15) is 14.4 Å². The number of benzene rings is 1. The van der Waals surface area contributed by atoms with E-state index in [1.807, 2.05) is 30.0 Å². The van der Waals surface area contributed by atoms with Crippen molar-refractivity contribution >= 4 is 29.3 Å². The first-order valence-corrected chi connectivity index (χ1v) is 9.97. The monoisotopic (exact) mass is 395 g/mol. The van der Waals surface area contributed by atoms with Crippen LogP contribution in [0.1, 0.15) is 43.2 Å². The van der Waals surface area contributed by atoms with Crippen molar-refractivity contribution in [1.82, 2.24) is 9.97 Å². The minimum Gasteiger partial charge on any atom is -0.342 e. The predicted octanol–water partition coefficient (Wildman–Crippen LogP) is 2.38. The van der Waals surface area contributed by atoms with Gasteiger partial charge >= 0.3 is 0 Å². The molecule has 152 valence electrons. The molecule has 2 aromatic rings. The van der Waals surface area contributed by atoms with Gasteiger partial charge < -0.3 is 15.5 Å². The van der Waals surface area contributed by atoms with Crippen molar-refractivity contribution in [2.45, 2.75) is 39.0 Å². The van der Waals surface area contributed by atoms with E-state index in [0.717, 1.165) is 31.5 Å². The van der Waals surface area contributed by atoms with Gasteiger partial charge in [0.15, 0.2) is 0 Å². The van der Waals surface area contributed by atoms with Gasteiger partial charge in [-0.1, -0.05) is 19.1 Å². The highest BCUT2D eigenvalue weighted by molar-refractivity contribution is 6.04. The van der Waals surface area contributed by atoms with Gasteiger partial charge in [0.1, 0.15) is 5.82 Å². The van der Waals surface area contributed by atoms with Crippen LogP contribution in [-0.2, 0) is 9.59 Å². The third kappa shape index (κ3) is 4.01. The van der Waals surface area contributed by atoms with E-state index < -0.39 is 11.8 Å². The number of anilines is 3. The highest BCUT2D eigenvalue weighted by Crippen LogP contribution is 2.31. The van der Waals surface area contributed by atoms with E-state index in [0.29, 0.717) is 17.6 Å². The molecular formula is C21H25N5O3. The number of hydrogen-bond donors (Lipinski definition) is 3. The minimum absolute atomic E-state index is 0.0878. The fourth-order valence-corrected chi connectivity index (χ4v) is 4.07. The maximum absolute atomic E-state index is 12.9. The molecule has 29 heavy (non-hydrogen) atoms. The van der Waals surface area contributed by atoms with Crippen molar-refractivity contribution in [2.24, 2.45) is 5.92 Å². The van der Waals surface area contributed by atoms with Crippen LogP contribution in [0.15, 0.2) is 29.1 Å². The zero-order chi connectivity index (χ0) is 20.5. The number of amides is 2. The van der Waals surface area contributed by atoms with Gasteiger partial charge in [0.2, 0.25) is 17.8 Å². The Morgan fingerprint density at radius 3 is 2.90 bits per heavy atom. The Morgan fingerprint density at radius 2 is 2.14 bits per heavy atom. The SMILES string of the molecule is Cc1cccc(NC(=O)[C@H]2CC(=O)Nc3nc(N4CCC[C@@H](C)C4)[nH]c(=O)c32)c1. The average molecular weight is 395 g/mol. The second kappa shape index (κ2) is 7.69. The number of rotatable bonds is 3. The summed E-state index contributed by atoms with van der Waals surface area (Å²) < 4.78 is 0. The van der Waals surface area contributed by atoms with Crippen molar-refractivity contribution < 1.29 is 9.59 Å². The summed E-state index contributed by atoms with van der Waals surface area (Å²) in [5.74, 6) is -0.461. The molecule has 1 fully saturated rings. The molecule has 2 aliphatic rings. The van der Waals surface area contributed by atoms with Crippen molar-refractivity contribution in [2.75, 3.05) is 28.6 Å². The van der Waals surface area contributed by atoms with E-state index in [1.165, 1.54) is 0 Å². The largest absolute Gasteiger partial charge is 0.342 e. The molecule has 0 radical (unpaired) electrons. The van der Waals surface area contributed by atoms with Crippen molar-refractivity contribution in [3.63, 3.8) is 0 Å². The van der Waals surface area contributed by atoms with E-state index in [2.05, 4.69) is 27.5 Å². The Balaban J connectivity index is 1.65. The van der Waals surface area contributed by atoms with Gasteiger partial charge in [0, 0.05) is 25.2 Å². The Kier molecular flexibility index (Phi) is 5.08. The van der Waals surface area contributed by atoms with Crippen LogP contribution >= 0.6 is 0 Å². The molecular weight excluding hydrogens is 370 g/mol. The van der Waals surface area contributed by atoms with Crippen LogP contribution in [0.3, 0.4) is 0 Å². The lowest BCUT2D eigenvalue weighted by molar-refractivity contribution is -0.123. The Morgan fingerprint density at radius 1 is 1.31 bits per heavy atom. The number of aryl methyl sites for hydroxylation is 1. The summed E-state index contributed by atoms with van der Waals surface area (Å²) in [7, 11) is 0. The number of carbonyl (C=O) groups is 2. The molecule has 3 heterocycles. The van der Waals surface area contributed by atoms with Crippen LogP contribution in [0.5, 0.6) is 0 Å². The number of aromatic nitrogens is 2. The lowest BCUT2D eigenvalue weighted by Gasteiger charge is -2.32. The van der Waals surface area contributed by atoms with Crippen molar-refractivity contribution in [1.29, 1.82) is 0 Å². The first kappa shape index (κ1) is 19.2. The fraction of sp³-hybridized carbons (Fsp3) is 0.429. The zero-order valence-corrected chi connectivity index (χ0v) is 16.6. The second-order valence-electron chi connectivity index (χ2n) is 8.01. The molecule has 0 spiro atoms. The number of nitrogens with one attached hydrogen (secondary N) is 3. The van der Waals surface area contributed by atoms with Crippen LogP contribution in [0.2, 0.25) is 0 Å². The first-order valence-electron chi connectivity index (χ1n) is 9.97. The van der Waals surface area contributed by atoms with Gasteiger partial charge in [0.05, 0.1) is 11.5 Å². The molecule has 2 amide bonds. The number of fused-ring (bicyclic) bond motifs is 1. The molecule has 4 rings (SSSR count). The maximum Gasteiger partial charge on any atom is 0.258 e. The highest BCUT2D eigenvalue weighted by Gasteiger charge is 2.35. The summed E-state index contributed by atoms with van der Waals surface area (Å²) >= 11 is 0. The van der Waals surface area contributed by atoms with Gasteiger partial charge in [-0.2, -0.15) is 4.98 Å². The molecule has 1 aromatic heterocycles. The van der Waals surface area contributed by atoms with Crippen LogP contribution in [0.4, 0.5) is 17.5 Å². The lowest BCUT2D eigenvalue weighted by Crippen LogP contribution is -2.40. The van der Waals surface area contributed by atoms with Crippen LogP contribution in [-0.4, -0.2) is 34.9 Å². The smallest absolute Gasteiger partial charge is 0.258 e. The number of nitrogens with zero attached hydrogens (tertiary/aromatic N) is 2. The first-order chi connectivity index (χ1) is 13.9. The Bertz CT molecular complexity index is 1020. The summed E-state index contributed by atoms with van der Waals surface area (Å²) in [5, 5.41) is 5.49. The van der Waals surface area contributed by atoms with Gasteiger partial charge in [-0.3, -0.25) is 19.4 Å². The van der Waals surface area contributed by atoms with Crippen molar-refractivity contribution in [3.05, 3.63) is 45.7 Å². The van der Waals surface area contributed by atoms with Gasteiger partial charge in [-0.05, 0) is 43.4 Å². The van der Waals surface area contributed by atoms with Gasteiger partial charge in [-0.15, -0.1) is 0 Å². The number of piperidine rings is 1. The average Bonchev–Trinajstić information content (AvgIpc) is 2.67. The summed E-state index contributed by atoms with van der Waals surface area (Å²) in [5.41, 5.74) is 1.46. The number of H-pyrrole nitrogens is 1. The minimum atomic E-state index is -0.884. The van der Waals surface area contributed by atoms with Gasteiger partial charge in [-0.25, -0.2) is 0 Å². The molecule has 2 aliphatic heterocycles. The topological polar surface area (TPSA) is 107 Å². The summed E-state index contributed by atoms with van der Waals surface area (Å²) in [4.78, 5) is 47.4. The zero-order valence-electron chi connectivity index (χ0n) is 16.6. The van der Waals surface area contributed by atoms with E-state index in [-0.39, 0.29) is 29.3 Å². The van der Waals surface area contributed by atoms with E-state index in [1.54, 1.807) is 6.07 Å². The second-order valence-corrected chi connectivity index (χ2v) is 8.01. The molecule has 0 bridgehead atoms. The van der Waals surface area contributed by atoms with Crippen LogP contribution < -0.4 is 21.1 Å². The number of carbonyl (C=O) groups excluding carboxylic acids is 2. The van der Waals surface area contributed by atoms with Crippen molar-refractivity contribution in [3.8, 4) is 0 Å². The number of aromatic amines is 1. The van der Waals surface area contributed by atoms with Crippen LogP contribution in [0.25, 0.3) is 0 Å². The predicted molar refractivity (Wildman–Crippen MR) is 111 cm³/mol. The summed E-state index contributed by atoms with van der Waals surface area (Å²) in [6.45, 7) is 5.69. The normalized spacial score (nSPS) is 21.3. The molecule has 1 aromatic carbocycles. The summed E-state index contributed by atoms with van der Waals surface area (Å²) in [6, 6.07) is 7.38. The highest BCUT2D eigenvalue weighted by atomic mass is 16.2. The molecule has 3 N–H and O–H groups in total. The molecule has 8 nitrogen and oxygen atoms in total. The van der Waals surface area contributed by atoms with E-state index in [4.69, 9.17) is 0 Å².